The smallest absolute Gasteiger partial charge is 0.257 e. The van der Waals surface area contributed by atoms with Crippen LogP contribution in [0.25, 0.3) is 0 Å². The molecule has 1 aromatic rings. The van der Waals surface area contributed by atoms with E-state index in [9.17, 15) is 8.78 Å². The van der Waals surface area contributed by atoms with Crippen molar-refractivity contribution in [3.8, 4) is 5.88 Å². The summed E-state index contributed by atoms with van der Waals surface area (Å²) in [5.41, 5.74) is 0. The van der Waals surface area contributed by atoms with Gasteiger partial charge >= 0.3 is 0 Å². The van der Waals surface area contributed by atoms with Gasteiger partial charge in [-0.2, -0.15) is 0 Å². The number of hydrogen-bond acceptors (Lipinski definition) is 4. The highest BCUT2D eigenvalue weighted by Gasteiger charge is 2.07. The Morgan fingerprint density at radius 1 is 1.43 bits per heavy atom. The van der Waals surface area contributed by atoms with E-state index in [-0.39, 0.29) is 24.1 Å². The number of halogens is 3. The van der Waals surface area contributed by atoms with Gasteiger partial charge in [0.1, 0.15) is 0 Å². The first kappa shape index (κ1) is 12.8. The van der Waals surface area contributed by atoms with Crippen molar-refractivity contribution in [2.24, 2.45) is 0 Å². The number of anilines is 1. The van der Waals surface area contributed by atoms with Gasteiger partial charge in [-0.05, 0) is 0 Å². The first-order valence-electron chi connectivity index (χ1n) is 3.61. The molecule has 80 valence electrons. The van der Waals surface area contributed by atoms with Gasteiger partial charge in [0.15, 0.2) is 5.82 Å². The highest BCUT2D eigenvalue weighted by Crippen LogP contribution is 2.16. The van der Waals surface area contributed by atoms with Gasteiger partial charge in [-0.1, -0.05) is 0 Å². The molecule has 1 N–H and O–H groups in total. The molecule has 0 aliphatic carbocycles. The Hall–Kier alpha value is -1.17. The largest absolute Gasteiger partial charge is 0.478 e. The molecule has 0 bridgehead atoms. The Morgan fingerprint density at radius 2 is 2.07 bits per heavy atom. The van der Waals surface area contributed by atoms with Gasteiger partial charge in [0.2, 0.25) is 0 Å². The van der Waals surface area contributed by atoms with Crippen molar-refractivity contribution < 1.29 is 13.5 Å². The Morgan fingerprint density at radius 3 is 2.64 bits per heavy atom. The zero-order valence-corrected chi connectivity index (χ0v) is 8.22. The minimum Gasteiger partial charge on any atom is -0.478 e. The summed E-state index contributed by atoms with van der Waals surface area (Å²) in [6.07, 6.45) is 0.398. The highest BCUT2D eigenvalue weighted by molar-refractivity contribution is 5.85. The van der Waals surface area contributed by atoms with E-state index in [4.69, 9.17) is 4.74 Å². The van der Waals surface area contributed by atoms with Crippen molar-refractivity contribution in [1.82, 2.24) is 9.97 Å². The van der Waals surface area contributed by atoms with Crippen LogP contribution in [0.1, 0.15) is 0 Å². The van der Waals surface area contributed by atoms with E-state index in [1.165, 1.54) is 19.5 Å². The fourth-order valence-corrected chi connectivity index (χ4v) is 0.770. The van der Waals surface area contributed by atoms with Crippen LogP contribution in [0.4, 0.5) is 14.6 Å². The van der Waals surface area contributed by atoms with Gasteiger partial charge in [0.25, 0.3) is 12.3 Å². The van der Waals surface area contributed by atoms with Gasteiger partial charge in [0.05, 0.1) is 13.7 Å². The van der Waals surface area contributed by atoms with Crippen molar-refractivity contribution in [2.75, 3.05) is 19.0 Å². The molecule has 7 heteroatoms. The number of methoxy groups -OCH3 is 1. The van der Waals surface area contributed by atoms with Gasteiger partial charge in [-0.3, -0.25) is 0 Å². The van der Waals surface area contributed by atoms with Gasteiger partial charge in [-0.25, -0.2) is 18.7 Å². The third kappa shape index (κ3) is 3.69. The van der Waals surface area contributed by atoms with Gasteiger partial charge in [-0.15, -0.1) is 12.4 Å². The number of ether oxygens (including phenoxy) is 1. The van der Waals surface area contributed by atoms with Crippen molar-refractivity contribution in [2.45, 2.75) is 6.43 Å². The molecule has 0 radical (unpaired) electrons. The summed E-state index contributed by atoms with van der Waals surface area (Å²) in [6.45, 7) is -0.463. The summed E-state index contributed by atoms with van der Waals surface area (Å²) in [4.78, 5) is 7.57. The summed E-state index contributed by atoms with van der Waals surface area (Å²) in [5.74, 6) is 0.438. The van der Waals surface area contributed by atoms with Gasteiger partial charge in [0, 0.05) is 12.4 Å². The molecular formula is C7H10ClF2N3O. The van der Waals surface area contributed by atoms with Crippen molar-refractivity contribution in [3.05, 3.63) is 12.4 Å². The van der Waals surface area contributed by atoms with Crippen LogP contribution in [-0.2, 0) is 0 Å². The van der Waals surface area contributed by atoms with Crippen LogP contribution >= 0.6 is 12.4 Å². The molecule has 0 amide bonds. The maximum Gasteiger partial charge on any atom is 0.257 e. The highest BCUT2D eigenvalue weighted by atomic mass is 35.5. The maximum atomic E-state index is 11.8. The van der Waals surface area contributed by atoms with Crippen molar-refractivity contribution in [1.29, 1.82) is 0 Å². The minimum absolute atomic E-state index is 0. The Balaban J connectivity index is 0.00000169. The van der Waals surface area contributed by atoms with Gasteiger partial charge < -0.3 is 10.1 Å². The van der Waals surface area contributed by atoms with E-state index in [2.05, 4.69) is 15.3 Å². The zero-order chi connectivity index (χ0) is 9.68. The molecule has 0 atom stereocenters. The van der Waals surface area contributed by atoms with Crippen LogP contribution in [0.15, 0.2) is 12.4 Å². The third-order valence-electron chi connectivity index (χ3n) is 1.28. The Labute approximate surface area is 86.1 Å². The molecule has 14 heavy (non-hydrogen) atoms. The van der Waals surface area contributed by atoms with Crippen LogP contribution in [0.5, 0.6) is 5.88 Å². The lowest BCUT2D eigenvalue weighted by molar-refractivity contribution is 0.163. The van der Waals surface area contributed by atoms with E-state index < -0.39 is 13.0 Å². The molecule has 0 aliphatic heterocycles. The number of aromatic nitrogens is 2. The second-order valence-corrected chi connectivity index (χ2v) is 2.19. The topological polar surface area (TPSA) is 47.0 Å². The monoisotopic (exact) mass is 225 g/mol. The minimum atomic E-state index is -2.42. The molecule has 0 aromatic carbocycles. The molecule has 1 rings (SSSR count). The average Bonchev–Trinajstić information content (AvgIpc) is 2.15. The Bertz CT molecular complexity index is 275. The van der Waals surface area contributed by atoms with E-state index in [1.807, 2.05) is 0 Å². The van der Waals surface area contributed by atoms with Crippen molar-refractivity contribution >= 4 is 18.2 Å². The fourth-order valence-electron chi connectivity index (χ4n) is 0.770. The predicted octanol–water partition coefficient (Wildman–Crippen LogP) is 1.58. The summed E-state index contributed by atoms with van der Waals surface area (Å²) >= 11 is 0. The molecule has 0 aliphatic rings. The summed E-state index contributed by atoms with van der Waals surface area (Å²) in [5, 5.41) is 2.42. The molecule has 1 aromatic heterocycles. The second kappa shape index (κ2) is 6.31. The molecule has 0 fully saturated rings. The maximum absolute atomic E-state index is 11.8. The molecular weight excluding hydrogens is 216 g/mol. The van der Waals surface area contributed by atoms with Crippen LogP contribution in [0.2, 0.25) is 0 Å². The van der Waals surface area contributed by atoms with E-state index in [1.54, 1.807) is 0 Å². The zero-order valence-electron chi connectivity index (χ0n) is 7.41. The molecule has 4 nitrogen and oxygen atoms in total. The lowest BCUT2D eigenvalue weighted by Gasteiger charge is -2.07. The van der Waals surface area contributed by atoms with E-state index in [0.717, 1.165) is 0 Å². The van der Waals surface area contributed by atoms with Crippen LogP contribution in [0.3, 0.4) is 0 Å². The summed E-state index contributed by atoms with van der Waals surface area (Å²) < 4.78 is 28.4. The van der Waals surface area contributed by atoms with Crippen LogP contribution in [0, 0.1) is 0 Å². The SMILES string of the molecule is COc1nccnc1NCC(F)F.Cl. The normalized spacial score (nSPS) is 9.43. The number of nitrogens with one attached hydrogen (secondary N) is 1. The number of nitrogens with zero attached hydrogens (tertiary/aromatic N) is 2. The van der Waals surface area contributed by atoms with Crippen LogP contribution < -0.4 is 10.1 Å². The standard InChI is InChI=1S/C7H9F2N3O.ClH/c1-13-7-6(10-2-3-11-7)12-4-5(8)9;/h2-3,5H,4H2,1H3,(H,10,12);1H. The molecule has 0 saturated heterocycles. The quantitative estimate of drug-likeness (QED) is 0.845. The lowest BCUT2D eigenvalue weighted by atomic mass is 10.5. The Kier molecular flexibility index (Phi) is 5.78. The molecule has 0 saturated carbocycles. The summed E-state index contributed by atoms with van der Waals surface area (Å²) in [6, 6.07) is 0. The summed E-state index contributed by atoms with van der Waals surface area (Å²) in [7, 11) is 1.40. The lowest BCUT2D eigenvalue weighted by Crippen LogP contribution is -2.12. The molecule has 0 spiro atoms. The second-order valence-electron chi connectivity index (χ2n) is 2.19. The first-order valence-corrected chi connectivity index (χ1v) is 3.61. The number of hydrogen-bond donors (Lipinski definition) is 1. The van der Waals surface area contributed by atoms with Crippen molar-refractivity contribution in [3.63, 3.8) is 0 Å². The fraction of sp³-hybridized carbons (Fsp3) is 0.429. The number of alkyl halides is 2. The number of rotatable bonds is 4. The third-order valence-corrected chi connectivity index (χ3v) is 1.28. The predicted molar refractivity (Wildman–Crippen MR) is 50.3 cm³/mol. The first-order chi connectivity index (χ1) is 6.24. The average molecular weight is 226 g/mol. The molecule has 1 heterocycles. The van der Waals surface area contributed by atoms with E-state index >= 15 is 0 Å². The van der Waals surface area contributed by atoms with Crippen LogP contribution in [-0.4, -0.2) is 30.0 Å². The van der Waals surface area contributed by atoms with E-state index in [0.29, 0.717) is 0 Å². The molecule has 0 unspecified atom stereocenters.